The highest BCUT2D eigenvalue weighted by Gasteiger charge is 2.34. The normalized spacial score (nSPS) is 13.2. The summed E-state index contributed by atoms with van der Waals surface area (Å²) >= 11 is 3.68. The van der Waals surface area contributed by atoms with E-state index < -0.39 is 15.9 Å². The van der Waals surface area contributed by atoms with E-state index >= 15 is 0 Å². The van der Waals surface area contributed by atoms with Crippen molar-refractivity contribution in [1.29, 1.82) is 0 Å². The van der Waals surface area contributed by atoms with Crippen LogP contribution in [0.25, 0.3) is 22.3 Å². The quantitative estimate of drug-likeness (QED) is 0.176. The van der Waals surface area contributed by atoms with E-state index in [1.54, 1.807) is 42.5 Å². The van der Waals surface area contributed by atoms with E-state index in [1.807, 2.05) is 36.6 Å². The lowest BCUT2D eigenvalue weighted by atomic mass is 10.0. The number of sulfonamides is 1. The van der Waals surface area contributed by atoms with Crippen molar-refractivity contribution >= 4 is 48.7 Å². The molecule has 1 aliphatic carbocycles. The first-order valence-corrected chi connectivity index (χ1v) is 16.8. The highest BCUT2D eigenvalue weighted by atomic mass is 79.9. The van der Waals surface area contributed by atoms with Gasteiger partial charge in [-0.2, -0.15) is 0 Å². The van der Waals surface area contributed by atoms with Gasteiger partial charge in [-0.3, -0.25) is 9.59 Å². The minimum Gasteiger partial charge on any atom is -0.455 e. The molecule has 6 rings (SSSR count). The molecule has 1 aliphatic rings. The number of carbonyl (C=O) groups excluding carboxylic acids is 2. The molecule has 0 radical (unpaired) electrons. The summed E-state index contributed by atoms with van der Waals surface area (Å²) in [5.41, 5.74) is 3.64. The Morgan fingerprint density at radius 1 is 1.00 bits per heavy atom. The maximum Gasteiger partial charge on any atom is 0.269 e. The molecule has 3 aromatic carbocycles. The van der Waals surface area contributed by atoms with Gasteiger partial charge in [-0.25, -0.2) is 18.1 Å². The predicted octanol–water partition coefficient (Wildman–Crippen LogP) is 6.42. The molecule has 9 nitrogen and oxygen atoms in total. The van der Waals surface area contributed by atoms with E-state index in [1.165, 1.54) is 12.1 Å². The van der Waals surface area contributed by atoms with Gasteiger partial charge in [0, 0.05) is 36.4 Å². The molecule has 0 saturated heterocycles. The molecule has 226 valence electrons. The number of nitrogens with zero attached hydrogens (tertiary/aromatic N) is 2. The molecule has 44 heavy (non-hydrogen) atoms. The summed E-state index contributed by atoms with van der Waals surface area (Å²) in [4.78, 5) is 31.3. The second-order valence-corrected chi connectivity index (χ2v) is 13.2. The number of halogens is 1. The molecule has 2 N–H and O–H groups in total. The smallest absolute Gasteiger partial charge is 0.269 e. The summed E-state index contributed by atoms with van der Waals surface area (Å²) < 4.78 is 36.7. The van der Waals surface area contributed by atoms with Gasteiger partial charge in [0.1, 0.15) is 22.9 Å². The summed E-state index contributed by atoms with van der Waals surface area (Å²) in [6.45, 7) is 4.93. The Labute approximate surface area is 263 Å². The van der Waals surface area contributed by atoms with Crippen molar-refractivity contribution in [2.75, 3.05) is 6.54 Å². The molecule has 1 fully saturated rings. The van der Waals surface area contributed by atoms with Gasteiger partial charge in [0.15, 0.2) is 0 Å². The average Bonchev–Trinajstić information content (AvgIpc) is 3.74. The molecule has 0 aliphatic heterocycles. The zero-order valence-corrected chi connectivity index (χ0v) is 26.7. The SMILES string of the molecule is CCNC(=O)c1c(C2CC2)nc(CC)n1Cc1ccc2oc(-c3ccccc3C(=O)NS(=O)(=O)c3ccccc3)c(Br)c2c1. The van der Waals surface area contributed by atoms with Crippen molar-refractivity contribution in [3.63, 3.8) is 0 Å². The van der Waals surface area contributed by atoms with Crippen LogP contribution in [0.5, 0.6) is 0 Å². The van der Waals surface area contributed by atoms with Crippen molar-refractivity contribution in [2.24, 2.45) is 0 Å². The average molecular weight is 676 g/mol. The van der Waals surface area contributed by atoms with Crippen LogP contribution < -0.4 is 10.0 Å². The number of rotatable bonds is 10. The van der Waals surface area contributed by atoms with Crippen molar-refractivity contribution < 1.29 is 22.4 Å². The molecule has 1 saturated carbocycles. The van der Waals surface area contributed by atoms with Crippen LogP contribution in [0.2, 0.25) is 0 Å². The van der Waals surface area contributed by atoms with Crippen LogP contribution in [0.1, 0.15) is 70.5 Å². The molecule has 11 heteroatoms. The summed E-state index contributed by atoms with van der Waals surface area (Å²) in [6.07, 6.45) is 2.78. The number of carbonyl (C=O) groups is 2. The minimum absolute atomic E-state index is 0.00742. The lowest BCUT2D eigenvalue weighted by Crippen LogP contribution is -2.30. The van der Waals surface area contributed by atoms with Crippen LogP contribution in [0.15, 0.2) is 86.6 Å². The third-order valence-corrected chi connectivity index (χ3v) is 9.77. The van der Waals surface area contributed by atoms with Crippen LogP contribution >= 0.6 is 15.9 Å². The van der Waals surface area contributed by atoms with Crippen molar-refractivity contribution in [2.45, 2.75) is 50.5 Å². The van der Waals surface area contributed by atoms with Crippen molar-refractivity contribution in [3.05, 3.63) is 106 Å². The highest BCUT2D eigenvalue weighted by molar-refractivity contribution is 9.10. The van der Waals surface area contributed by atoms with Gasteiger partial charge < -0.3 is 14.3 Å². The Bertz CT molecular complexity index is 2000. The number of fused-ring (bicyclic) bond motifs is 1. The van der Waals surface area contributed by atoms with Gasteiger partial charge in [0.25, 0.3) is 21.8 Å². The molecule has 0 atom stereocenters. The summed E-state index contributed by atoms with van der Waals surface area (Å²) in [7, 11) is -4.07. The number of furan rings is 1. The molecule has 0 unspecified atom stereocenters. The number of aryl methyl sites for hydroxylation is 1. The lowest BCUT2D eigenvalue weighted by Gasteiger charge is -2.12. The third kappa shape index (κ3) is 5.69. The van der Waals surface area contributed by atoms with Crippen LogP contribution in [0.4, 0.5) is 0 Å². The molecular weight excluding hydrogens is 644 g/mol. The minimum atomic E-state index is -4.07. The summed E-state index contributed by atoms with van der Waals surface area (Å²) in [5.74, 6) is 0.710. The van der Waals surface area contributed by atoms with Gasteiger partial charge in [0.2, 0.25) is 0 Å². The highest BCUT2D eigenvalue weighted by Crippen LogP contribution is 2.42. The van der Waals surface area contributed by atoms with Gasteiger partial charge in [-0.1, -0.05) is 49.4 Å². The molecule has 0 spiro atoms. The number of amides is 2. The van der Waals surface area contributed by atoms with Gasteiger partial charge in [-0.15, -0.1) is 0 Å². The standard InChI is InChI=1S/C33H31BrN4O5S/c1-3-27-36-29(21-15-16-21)30(33(40)35-4-2)38(27)19-20-14-17-26-25(18-20)28(34)31(43-26)23-12-8-9-13-24(23)32(39)37-44(41,42)22-10-6-5-7-11-22/h5-14,17-18,21H,3-4,15-16,19H2,1-2H3,(H,35,40)(H,37,39). The van der Waals surface area contributed by atoms with Gasteiger partial charge in [-0.05, 0) is 71.6 Å². The maximum absolute atomic E-state index is 13.3. The largest absolute Gasteiger partial charge is 0.455 e. The number of imidazole rings is 1. The van der Waals surface area contributed by atoms with E-state index in [4.69, 9.17) is 9.40 Å². The van der Waals surface area contributed by atoms with Crippen LogP contribution in [-0.4, -0.2) is 36.3 Å². The van der Waals surface area contributed by atoms with E-state index in [0.717, 1.165) is 35.3 Å². The van der Waals surface area contributed by atoms with Crippen molar-refractivity contribution in [3.8, 4) is 11.3 Å². The van der Waals surface area contributed by atoms with E-state index in [-0.39, 0.29) is 16.4 Å². The molecule has 5 aromatic rings. The molecule has 2 amide bonds. The molecule has 0 bridgehead atoms. The third-order valence-electron chi connectivity index (χ3n) is 7.64. The van der Waals surface area contributed by atoms with E-state index in [9.17, 15) is 18.0 Å². The first-order valence-electron chi connectivity index (χ1n) is 14.5. The Morgan fingerprint density at radius 3 is 2.43 bits per heavy atom. The van der Waals surface area contributed by atoms with Crippen LogP contribution in [0, 0.1) is 0 Å². The number of hydrogen-bond donors (Lipinski definition) is 2. The molecular formula is C33H31BrN4O5S. The second-order valence-electron chi connectivity index (χ2n) is 10.7. The fourth-order valence-electron chi connectivity index (χ4n) is 5.37. The zero-order chi connectivity index (χ0) is 31.0. The van der Waals surface area contributed by atoms with Crippen LogP contribution in [-0.2, 0) is 23.0 Å². The Balaban J connectivity index is 1.35. The summed E-state index contributed by atoms with van der Waals surface area (Å²) in [6, 6.07) is 20.2. The first kappa shape index (κ1) is 29.8. The van der Waals surface area contributed by atoms with Crippen molar-refractivity contribution in [1.82, 2.24) is 19.6 Å². The number of nitrogens with one attached hydrogen (secondary N) is 2. The number of hydrogen-bond acceptors (Lipinski definition) is 6. The van der Waals surface area contributed by atoms with Gasteiger partial charge >= 0.3 is 0 Å². The fourth-order valence-corrected chi connectivity index (χ4v) is 6.96. The van der Waals surface area contributed by atoms with Gasteiger partial charge in [0.05, 0.1) is 20.6 Å². The zero-order valence-electron chi connectivity index (χ0n) is 24.3. The maximum atomic E-state index is 13.3. The Kier molecular flexibility index (Phi) is 8.17. The second kappa shape index (κ2) is 12.0. The Hall–Kier alpha value is -4.22. The number of aromatic nitrogens is 2. The Morgan fingerprint density at radius 2 is 1.73 bits per heavy atom. The summed E-state index contributed by atoms with van der Waals surface area (Å²) in [5, 5.41) is 3.74. The topological polar surface area (TPSA) is 123 Å². The lowest BCUT2D eigenvalue weighted by molar-refractivity contribution is 0.0943. The monoisotopic (exact) mass is 674 g/mol. The molecule has 2 heterocycles. The fraction of sp³-hybridized carbons (Fsp3) is 0.242. The van der Waals surface area contributed by atoms with E-state index in [2.05, 4.69) is 26.0 Å². The van der Waals surface area contributed by atoms with Crippen LogP contribution in [0.3, 0.4) is 0 Å². The number of benzene rings is 3. The predicted molar refractivity (Wildman–Crippen MR) is 171 cm³/mol. The first-order chi connectivity index (χ1) is 21.2. The van der Waals surface area contributed by atoms with E-state index in [0.29, 0.717) is 52.5 Å². The molecule has 2 aromatic heterocycles.